The quantitative estimate of drug-likeness (QED) is 0.291. The average molecular weight is 511 g/mol. The van der Waals surface area contributed by atoms with E-state index in [1.807, 2.05) is 29.2 Å². The van der Waals surface area contributed by atoms with E-state index in [4.69, 9.17) is 24.4 Å². The van der Waals surface area contributed by atoms with Crippen molar-refractivity contribution >= 4 is 53.5 Å². The third kappa shape index (κ3) is 4.73. The van der Waals surface area contributed by atoms with Gasteiger partial charge in [-0.05, 0) is 86.0 Å². The lowest BCUT2D eigenvalue weighted by Gasteiger charge is -2.34. The lowest BCUT2D eigenvalue weighted by atomic mass is 9.84. The van der Waals surface area contributed by atoms with Crippen LogP contribution in [0.3, 0.4) is 0 Å². The van der Waals surface area contributed by atoms with Crippen molar-refractivity contribution in [1.82, 2.24) is 14.8 Å². The number of nitrogens with zero attached hydrogens (tertiary/aromatic N) is 2. The number of rotatable bonds is 5. The number of urea groups is 1. The average Bonchev–Trinajstić information content (AvgIpc) is 3.39. The van der Waals surface area contributed by atoms with Gasteiger partial charge in [0.05, 0.1) is 5.69 Å². The van der Waals surface area contributed by atoms with Gasteiger partial charge >= 0.3 is 12.0 Å². The van der Waals surface area contributed by atoms with Crippen molar-refractivity contribution in [3.8, 4) is 5.69 Å². The van der Waals surface area contributed by atoms with E-state index in [0.717, 1.165) is 31.4 Å². The third-order valence-electron chi connectivity index (χ3n) is 6.82. The van der Waals surface area contributed by atoms with Gasteiger partial charge in [-0.1, -0.05) is 25.0 Å². The van der Waals surface area contributed by atoms with Crippen molar-refractivity contribution in [1.29, 1.82) is 0 Å². The Bertz CT molecular complexity index is 1350. The van der Waals surface area contributed by atoms with E-state index in [9.17, 15) is 14.7 Å². The minimum absolute atomic E-state index is 0.225. The molecule has 3 aromatic rings. The molecule has 1 saturated heterocycles. The topological polar surface area (TPSA) is 118 Å². The Morgan fingerprint density at radius 2 is 1.51 bits per heavy atom. The highest BCUT2D eigenvalue weighted by Gasteiger charge is 2.45. The molecule has 0 bridgehead atoms. The van der Waals surface area contributed by atoms with Crippen molar-refractivity contribution in [2.24, 2.45) is 5.92 Å². The number of nitrogens with one attached hydrogen (secondary N) is 4. The van der Waals surface area contributed by atoms with Crippen LogP contribution < -0.4 is 15.5 Å². The number of benzene rings is 2. The first kappa shape index (κ1) is 23.3. The van der Waals surface area contributed by atoms with Gasteiger partial charge in [0.1, 0.15) is 6.04 Å². The third-order valence-corrected chi connectivity index (χ3v) is 7.39. The first-order valence-electron chi connectivity index (χ1n) is 11.6. The molecule has 3 unspecified atom stereocenters. The summed E-state index contributed by atoms with van der Waals surface area (Å²) in [7, 11) is 0. The predicted molar refractivity (Wildman–Crippen MR) is 139 cm³/mol. The standard InChI is InChI=1S/C24H26N6O3S2/c31-21(32)20-11-14-5-1-2-10-19(14)29(20)17-8-3-6-15(12-17)25-22(33)26-16-7-4-9-18(13-16)30-23(34)27-28-24(30)35/h3-4,6-9,12-14,19-20H,1-2,5,10-11H2,(H,27,34)(H,28,35)(H,31,32)(H2,25,26,33). The largest absolute Gasteiger partial charge is 0.480 e. The Balaban J connectivity index is 1.32. The van der Waals surface area contributed by atoms with Crippen LogP contribution in [0.15, 0.2) is 48.5 Å². The number of hydrogen-bond donors (Lipinski definition) is 5. The van der Waals surface area contributed by atoms with Crippen molar-refractivity contribution in [2.45, 2.75) is 44.2 Å². The molecule has 2 amide bonds. The number of carbonyl (C=O) groups excluding carboxylic acids is 1. The fraction of sp³-hybridized carbons (Fsp3) is 0.333. The molecule has 2 fully saturated rings. The van der Waals surface area contributed by atoms with E-state index in [1.54, 1.807) is 28.8 Å². The number of H-pyrrole nitrogens is 2. The summed E-state index contributed by atoms with van der Waals surface area (Å²) in [4.78, 5) is 26.8. The van der Waals surface area contributed by atoms with Crippen LogP contribution in [0.5, 0.6) is 0 Å². The normalized spacial score (nSPS) is 21.4. The summed E-state index contributed by atoms with van der Waals surface area (Å²) in [5, 5.41) is 21.1. The van der Waals surface area contributed by atoms with Gasteiger partial charge in [-0.2, -0.15) is 0 Å². The van der Waals surface area contributed by atoms with Crippen molar-refractivity contribution in [3.05, 3.63) is 58.1 Å². The van der Waals surface area contributed by atoms with Crippen molar-refractivity contribution < 1.29 is 14.7 Å². The Hall–Kier alpha value is -3.44. The molecule has 35 heavy (non-hydrogen) atoms. The molecule has 9 nitrogen and oxygen atoms in total. The number of aliphatic carboxylic acids is 1. The van der Waals surface area contributed by atoms with E-state index in [0.29, 0.717) is 38.9 Å². The van der Waals surface area contributed by atoms with E-state index >= 15 is 0 Å². The molecule has 11 heteroatoms. The van der Waals surface area contributed by atoms with Crippen LogP contribution in [0.1, 0.15) is 32.1 Å². The molecule has 0 radical (unpaired) electrons. The summed E-state index contributed by atoms with van der Waals surface area (Å²) in [6.45, 7) is 0. The zero-order chi connectivity index (χ0) is 24.5. The number of anilines is 3. The van der Waals surface area contributed by atoms with Gasteiger partial charge in [-0.25, -0.2) is 9.59 Å². The van der Waals surface area contributed by atoms with Crippen LogP contribution in [0, 0.1) is 15.5 Å². The second-order valence-corrected chi connectivity index (χ2v) is 9.76. The molecule has 3 atom stereocenters. The molecule has 1 aliphatic heterocycles. The summed E-state index contributed by atoms with van der Waals surface area (Å²) in [6, 6.07) is 13.9. The molecule has 5 N–H and O–H groups in total. The zero-order valence-electron chi connectivity index (χ0n) is 18.9. The molecule has 2 aromatic carbocycles. The molecule has 1 aliphatic carbocycles. The van der Waals surface area contributed by atoms with E-state index in [-0.39, 0.29) is 6.04 Å². The fourth-order valence-corrected chi connectivity index (χ4v) is 5.91. The lowest BCUT2D eigenvalue weighted by Crippen LogP contribution is -2.42. The minimum atomic E-state index is -0.794. The van der Waals surface area contributed by atoms with Crippen molar-refractivity contribution in [3.63, 3.8) is 0 Å². The van der Waals surface area contributed by atoms with Gasteiger partial charge in [0.25, 0.3) is 0 Å². The Labute approximate surface area is 212 Å². The molecule has 0 spiro atoms. The SMILES string of the molecule is O=C(Nc1cccc(N2C(C(=O)O)CC3CCCCC32)c1)Nc1cccc(-n2c(=S)[nH][nH]c2=S)c1. The second kappa shape index (κ2) is 9.67. The van der Waals surface area contributed by atoms with Gasteiger partial charge in [0, 0.05) is 23.1 Å². The highest BCUT2D eigenvalue weighted by molar-refractivity contribution is 7.72. The smallest absolute Gasteiger partial charge is 0.326 e. The number of fused-ring (bicyclic) bond motifs is 1. The summed E-state index contributed by atoms with van der Waals surface area (Å²) in [5.74, 6) is -0.392. The summed E-state index contributed by atoms with van der Waals surface area (Å²) in [5.41, 5.74) is 2.70. The monoisotopic (exact) mass is 510 g/mol. The van der Waals surface area contributed by atoms with Gasteiger partial charge < -0.3 is 20.6 Å². The number of carboxylic acids is 1. The van der Waals surface area contributed by atoms with Crippen LogP contribution in [0.4, 0.5) is 21.9 Å². The number of amides is 2. The van der Waals surface area contributed by atoms with E-state index < -0.39 is 18.0 Å². The Morgan fingerprint density at radius 3 is 2.17 bits per heavy atom. The van der Waals surface area contributed by atoms with Crippen LogP contribution in [0.25, 0.3) is 5.69 Å². The van der Waals surface area contributed by atoms with Gasteiger partial charge in [0.2, 0.25) is 0 Å². The summed E-state index contributed by atoms with van der Waals surface area (Å²) >= 11 is 10.5. The minimum Gasteiger partial charge on any atom is -0.480 e. The molecule has 5 rings (SSSR count). The lowest BCUT2D eigenvalue weighted by molar-refractivity contribution is -0.138. The van der Waals surface area contributed by atoms with Crippen molar-refractivity contribution in [2.75, 3.05) is 15.5 Å². The summed E-state index contributed by atoms with van der Waals surface area (Å²) in [6.07, 6.45) is 5.01. The first-order chi connectivity index (χ1) is 16.9. The highest BCUT2D eigenvalue weighted by atomic mass is 32.1. The Morgan fingerprint density at radius 1 is 0.914 bits per heavy atom. The van der Waals surface area contributed by atoms with Gasteiger partial charge in [0.15, 0.2) is 9.54 Å². The maximum Gasteiger partial charge on any atom is 0.326 e. The number of aromatic nitrogens is 3. The number of carbonyl (C=O) groups is 2. The van der Waals surface area contributed by atoms with Crippen LogP contribution in [-0.2, 0) is 4.79 Å². The maximum absolute atomic E-state index is 12.8. The number of aromatic amines is 2. The molecule has 2 heterocycles. The second-order valence-electron chi connectivity index (χ2n) is 8.98. The fourth-order valence-electron chi connectivity index (χ4n) is 5.36. The van der Waals surface area contributed by atoms with E-state index in [1.165, 1.54) is 0 Å². The van der Waals surface area contributed by atoms with Gasteiger partial charge in [-0.3, -0.25) is 14.8 Å². The van der Waals surface area contributed by atoms with Crippen LogP contribution in [0.2, 0.25) is 0 Å². The summed E-state index contributed by atoms with van der Waals surface area (Å²) < 4.78 is 2.51. The predicted octanol–water partition coefficient (Wildman–Crippen LogP) is 5.46. The Kier molecular flexibility index (Phi) is 6.44. The first-order valence-corrected chi connectivity index (χ1v) is 12.4. The molecule has 182 valence electrons. The highest BCUT2D eigenvalue weighted by Crippen LogP contribution is 2.42. The maximum atomic E-state index is 12.8. The number of hydrogen-bond acceptors (Lipinski definition) is 5. The van der Waals surface area contributed by atoms with Gasteiger partial charge in [-0.15, -0.1) is 0 Å². The molecule has 1 saturated carbocycles. The van der Waals surface area contributed by atoms with Crippen LogP contribution in [-0.4, -0.2) is 44.0 Å². The van der Waals surface area contributed by atoms with Crippen LogP contribution >= 0.6 is 24.4 Å². The zero-order valence-corrected chi connectivity index (χ0v) is 20.5. The molecular weight excluding hydrogens is 484 g/mol. The molecule has 1 aromatic heterocycles. The molecule has 2 aliphatic rings. The molecular formula is C24H26N6O3S2. The number of carboxylic acid groups (broad SMARTS) is 1. The van der Waals surface area contributed by atoms with E-state index in [2.05, 4.69) is 20.8 Å².